The zero-order chi connectivity index (χ0) is 14.8. The molecule has 1 aromatic carbocycles. The van der Waals surface area contributed by atoms with E-state index in [9.17, 15) is 22.7 Å². The maximum Gasteiger partial charge on any atom is 0.416 e. The fourth-order valence-electron chi connectivity index (χ4n) is 2.13. The third-order valence-corrected chi connectivity index (χ3v) is 4.46. The van der Waals surface area contributed by atoms with Crippen LogP contribution >= 0.6 is 11.8 Å². The van der Waals surface area contributed by atoms with Crippen LogP contribution in [0.5, 0.6) is 0 Å². The van der Waals surface area contributed by atoms with Crippen molar-refractivity contribution < 1.29 is 22.7 Å². The maximum atomic E-state index is 12.9. The van der Waals surface area contributed by atoms with Gasteiger partial charge in [0, 0.05) is 18.8 Å². The fraction of sp³-hybridized carbons (Fsp3) is 0.538. The number of hydrogen-bond acceptors (Lipinski definition) is 3. The number of nitrogens with one attached hydrogen (secondary N) is 1. The molecule has 1 aliphatic heterocycles. The van der Waals surface area contributed by atoms with Gasteiger partial charge < -0.3 is 10.4 Å². The van der Waals surface area contributed by atoms with Crippen molar-refractivity contribution in [3.63, 3.8) is 0 Å². The second kappa shape index (κ2) is 5.91. The lowest BCUT2D eigenvalue weighted by atomic mass is 10.0. The first-order chi connectivity index (χ1) is 9.30. The molecule has 0 amide bonds. The van der Waals surface area contributed by atoms with Gasteiger partial charge in [-0.25, -0.2) is 4.39 Å². The molecule has 1 fully saturated rings. The van der Waals surface area contributed by atoms with E-state index in [1.165, 1.54) is 0 Å². The van der Waals surface area contributed by atoms with Crippen molar-refractivity contribution in [1.29, 1.82) is 0 Å². The Balaban J connectivity index is 2.02. The van der Waals surface area contributed by atoms with Gasteiger partial charge in [-0.2, -0.15) is 24.9 Å². The molecule has 2 nitrogen and oxygen atoms in total. The van der Waals surface area contributed by atoms with E-state index in [-0.39, 0.29) is 18.7 Å². The first kappa shape index (κ1) is 15.6. The van der Waals surface area contributed by atoms with Crippen molar-refractivity contribution in [3.8, 4) is 0 Å². The summed E-state index contributed by atoms with van der Waals surface area (Å²) in [6, 6.07) is 2.63. The van der Waals surface area contributed by atoms with Crippen LogP contribution in [0.15, 0.2) is 18.2 Å². The van der Waals surface area contributed by atoms with E-state index >= 15 is 0 Å². The monoisotopic (exact) mass is 309 g/mol. The van der Waals surface area contributed by atoms with Crippen molar-refractivity contribution >= 4 is 11.8 Å². The topological polar surface area (TPSA) is 32.3 Å². The van der Waals surface area contributed by atoms with Gasteiger partial charge >= 0.3 is 6.18 Å². The highest BCUT2D eigenvalue weighted by Crippen LogP contribution is 2.32. The Morgan fingerprint density at radius 3 is 2.70 bits per heavy atom. The second-order valence-electron chi connectivity index (χ2n) is 4.93. The standard InChI is InChI=1S/C13H15F4NOS/c14-10-2-1-9(11(5-10)13(15,16)17)6-18-7-12(19)3-4-20-8-12/h1-2,5,18-19H,3-4,6-8H2. The first-order valence-electron chi connectivity index (χ1n) is 6.17. The molecule has 0 spiro atoms. The van der Waals surface area contributed by atoms with Crippen LogP contribution in [0.4, 0.5) is 17.6 Å². The normalized spacial score (nSPS) is 23.2. The molecule has 1 saturated heterocycles. The highest BCUT2D eigenvalue weighted by Gasteiger charge is 2.34. The summed E-state index contributed by atoms with van der Waals surface area (Å²) in [6.45, 7) is 0.177. The van der Waals surface area contributed by atoms with Gasteiger partial charge in [0.15, 0.2) is 0 Å². The number of alkyl halides is 3. The Morgan fingerprint density at radius 1 is 1.35 bits per heavy atom. The van der Waals surface area contributed by atoms with Crippen LogP contribution in [0.25, 0.3) is 0 Å². The predicted molar refractivity (Wildman–Crippen MR) is 70.0 cm³/mol. The first-order valence-corrected chi connectivity index (χ1v) is 7.32. The van der Waals surface area contributed by atoms with Crippen LogP contribution in [0.1, 0.15) is 17.5 Å². The molecular weight excluding hydrogens is 294 g/mol. The minimum Gasteiger partial charge on any atom is -0.388 e. The van der Waals surface area contributed by atoms with Gasteiger partial charge in [-0.15, -0.1) is 0 Å². The maximum absolute atomic E-state index is 12.9. The minimum atomic E-state index is -4.58. The summed E-state index contributed by atoms with van der Waals surface area (Å²) in [4.78, 5) is 0. The zero-order valence-corrected chi connectivity index (χ0v) is 11.5. The molecule has 7 heteroatoms. The molecule has 1 aliphatic rings. The summed E-state index contributed by atoms with van der Waals surface area (Å²) >= 11 is 1.62. The Labute approximate surface area is 118 Å². The number of thioether (sulfide) groups is 1. The highest BCUT2D eigenvalue weighted by molar-refractivity contribution is 7.99. The summed E-state index contributed by atoms with van der Waals surface area (Å²) in [6.07, 6.45) is -3.96. The third-order valence-electron chi connectivity index (χ3n) is 3.23. The van der Waals surface area contributed by atoms with E-state index in [2.05, 4.69) is 5.32 Å². The summed E-state index contributed by atoms with van der Waals surface area (Å²) in [5.74, 6) is 0.518. The van der Waals surface area contributed by atoms with Crippen molar-refractivity contribution in [3.05, 3.63) is 35.1 Å². The second-order valence-corrected chi connectivity index (χ2v) is 6.03. The summed E-state index contributed by atoms with van der Waals surface area (Å²) < 4.78 is 51.3. The van der Waals surface area contributed by atoms with Crippen LogP contribution in [-0.4, -0.2) is 28.8 Å². The van der Waals surface area contributed by atoms with Gasteiger partial charge in [0.05, 0.1) is 11.2 Å². The number of rotatable bonds is 4. The van der Waals surface area contributed by atoms with Crippen LogP contribution in [0.2, 0.25) is 0 Å². The van der Waals surface area contributed by atoms with E-state index in [1.807, 2.05) is 0 Å². The summed E-state index contributed by atoms with van der Waals surface area (Å²) in [5, 5.41) is 12.9. The van der Waals surface area contributed by atoms with Crippen LogP contribution in [0, 0.1) is 5.82 Å². The van der Waals surface area contributed by atoms with Crippen molar-refractivity contribution in [1.82, 2.24) is 5.32 Å². The van der Waals surface area contributed by atoms with Crippen LogP contribution < -0.4 is 5.32 Å². The lowest BCUT2D eigenvalue weighted by Gasteiger charge is -2.22. The van der Waals surface area contributed by atoms with E-state index in [4.69, 9.17) is 0 Å². The third kappa shape index (κ3) is 3.86. The number of hydrogen-bond donors (Lipinski definition) is 2. The molecule has 0 bridgehead atoms. The highest BCUT2D eigenvalue weighted by atomic mass is 32.2. The Hall–Kier alpha value is -0.790. The van der Waals surface area contributed by atoms with Crippen molar-refractivity contribution in [2.45, 2.75) is 24.7 Å². The Morgan fingerprint density at radius 2 is 2.10 bits per heavy atom. The Bertz CT molecular complexity index is 472. The average molecular weight is 309 g/mol. The van der Waals surface area contributed by atoms with Gasteiger partial charge in [-0.3, -0.25) is 0 Å². The van der Waals surface area contributed by atoms with Gasteiger partial charge in [0.2, 0.25) is 0 Å². The molecule has 1 heterocycles. The summed E-state index contributed by atoms with van der Waals surface area (Å²) in [5.41, 5.74) is -1.85. The zero-order valence-electron chi connectivity index (χ0n) is 10.6. The van der Waals surface area contributed by atoms with E-state index < -0.39 is 23.2 Å². The van der Waals surface area contributed by atoms with Crippen LogP contribution in [0.3, 0.4) is 0 Å². The molecule has 112 valence electrons. The molecule has 1 atom stereocenters. The molecule has 2 rings (SSSR count). The molecular formula is C13H15F4NOS. The van der Waals surface area contributed by atoms with Gasteiger partial charge in [0.1, 0.15) is 5.82 Å². The van der Waals surface area contributed by atoms with Gasteiger partial charge in [-0.05, 0) is 29.9 Å². The molecule has 1 aromatic rings. The van der Waals surface area contributed by atoms with Crippen molar-refractivity contribution in [2.24, 2.45) is 0 Å². The summed E-state index contributed by atoms with van der Waals surface area (Å²) in [7, 11) is 0. The molecule has 0 radical (unpaired) electrons. The van der Waals surface area contributed by atoms with Gasteiger partial charge in [-0.1, -0.05) is 6.07 Å². The molecule has 0 saturated carbocycles. The van der Waals surface area contributed by atoms with E-state index in [0.29, 0.717) is 18.2 Å². The van der Waals surface area contributed by atoms with Crippen molar-refractivity contribution in [2.75, 3.05) is 18.1 Å². The van der Waals surface area contributed by atoms with Crippen LogP contribution in [-0.2, 0) is 12.7 Å². The van der Waals surface area contributed by atoms with E-state index in [1.54, 1.807) is 11.8 Å². The minimum absolute atomic E-state index is 0.0202. The number of halogens is 4. The number of benzene rings is 1. The SMILES string of the molecule is OC1(CNCc2ccc(F)cc2C(F)(F)F)CCSC1. The van der Waals surface area contributed by atoms with E-state index in [0.717, 1.165) is 17.9 Å². The average Bonchev–Trinajstić information content (AvgIpc) is 2.77. The lowest BCUT2D eigenvalue weighted by Crippen LogP contribution is -2.40. The molecule has 1 unspecified atom stereocenters. The molecule has 0 aromatic heterocycles. The molecule has 2 N–H and O–H groups in total. The predicted octanol–water partition coefficient (Wildman–Crippen LogP) is 2.80. The van der Waals surface area contributed by atoms with Gasteiger partial charge in [0.25, 0.3) is 0 Å². The lowest BCUT2D eigenvalue weighted by molar-refractivity contribution is -0.138. The fourth-order valence-corrected chi connectivity index (χ4v) is 3.43. The molecule has 0 aliphatic carbocycles. The smallest absolute Gasteiger partial charge is 0.388 e. The quantitative estimate of drug-likeness (QED) is 0.839. The Kier molecular flexibility index (Phi) is 4.61. The number of aliphatic hydroxyl groups is 1. The largest absolute Gasteiger partial charge is 0.416 e. The molecule has 20 heavy (non-hydrogen) atoms.